The number of nitrogens with one attached hydrogen (secondary N) is 1. The van der Waals surface area contributed by atoms with Gasteiger partial charge in [0, 0.05) is 6.54 Å². The van der Waals surface area contributed by atoms with Crippen molar-refractivity contribution in [1.29, 1.82) is 0 Å². The van der Waals surface area contributed by atoms with Crippen LogP contribution in [-0.4, -0.2) is 25.9 Å². The van der Waals surface area contributed by atoms with Crippen molar-refractivity contribution < 1.29 is 9.21 Å². The maximum atomic E-state index is 12.9. The third kappa shape index (κ3) is 5.02. The Labute approximate surface area is 181 Å². The molecule has 1 aromatic carbocycles. The summed E-state index contributed by atoms with van der Waals surface area (Å²) in [6.07, 6.45) is 5.31. The topological polar surface area (TPSA) is 73.0 Å². The van der Waals surface area contributed by atoms with Crippen LogP contribution in [-0.2, 0) is 11.3 Å². The van der Waals surface area contributed by atoms with Crippen LogP contribution >= 0.6 is 11.8 Å². The number of aryl methyl sites for hydroxylation is 1. The van der Waals surface area contributed by atoms with Gasteiger partial charge in [0.25, 0.3) is 0 Å². The highest BCUT2D eigenvalue weighted by Crippen LogP contribution is 2.29. The van der Waals surface area contributed by atoms with Crippen LogP contribution in [0.4, 0.5) is 0 Å². The number of hydrogen-bond donors (Lipinski definition) is 1. The molecule has 158 valence electrons. The fourth-order valence-electron chi connectivity index (χ4n) is 3.28. The van der Waals surface area contributed by atoms with Crippen molar-refractivity contribution in [1.82, 2.24) is 20.1 Å². The molecule has 3 rings (SSSR count). The molecule has 1 amide bonds. The molecule has 7 heteroatoms. The molecule has 3 aromatic rings. The first-order valence-corrected chi connectivity index (χ1v) is 11.0. The molecule has 1 N–H and O–H groups in total. The Morgan fingerprint density at radius 1 is 1.30 bits per heavy atom. The molecule has 6 nitrogen and oxygen atoms in total. The molecule has 2 unspecified atom stereocenters. The molecule has 0 aliphatic carbocycles. The summed E-state index contributed by atoms with van der Waals surface area (Å²) >= 11 is 1.40. The van der Waals surface area contributed by atoms with Crippen LogP contribution in [0.1, 0.15) is 44.1 Å². The molecule has 2 heterocycles. The highest BCUT2D eigenvalue weighted by molar-refractivity contribution is 8.00. The Morgan fingerprint density at radius 2 is 2.07 bits per heavy atom. The van der Waals surface area contributed by atoms with Gasteiger partial charge in [-0.05, 0) is 31.9 Å². The van der Waals surface area contributed by atoms with Gasteiger partial charge in [-0.25, -0.2) is 0 Å². The predicted molar refractivity (Wildman–Crippen MR) is 120 cm³/mol. The quantitative estimate of drug-likeness (QED) is 0.359. The summed E-state index contributed by atoms with van der Waals surface area (Å²) in [4.78, 5) is 12.9. The second-order valence-electron chi connectivity index (χ2n) is 7.12. The molecular formula is C23H28N4O2S. The molecule has 0 aliphatic rings. The minimum atomic E-state index is -0.320. The van der Waals surface area contributed by atoms with Crippen LogP contribution in [0, 0.1) is 6.92 Å². The Kier molecular flexibility index (Phi) is 7.52. The van der Waals surface area contributed by atoms with Gasteiger partial charge in [-0.2, -0.15) is 0 Å². The normalized spacial score (nSPS) is 13.0. The second kappa shape index (κ2) is 10.3. The Hall–Kier alpha value is -2.80. The zero-order valence-corrected chi connectivity index (χ0v) is 18.5. The van der Waals surface area contributed by atoms with Gasteiger partial charge in [-0.15, -0.1) is 16.8 Å². The smallest absolute Gasteiger partial charge is 0.233 e. The third-order valence-corrected chi connectivity index (χ3v) is 5.96. The van der Waals surface area contributed by atoms with Crippen molar-refractivity contribution in [3.63, 3.8) is 0 Å². The molecule has 0 radical (unpaired) electrons. The number of furan rings is 1. The van der Waals surface area contributed by atoms with Crippen LogP contribution < -0.4 is 5.32 Å². The van der Waals surface area contributed by atoms with Gasteiger partial charge in [0.05, 0.1) is 23.1 Å². The van der Waals surface area contributed by atoms with Crippen LogP contribution in [0.3, 0.4) is 0 Å². The fraction of sp³-hybridized carbons (Fsp3) is 0.348. The Morgan fingerprint density at radius 3 is 2.70 bits per heavy atom. The zero-order chi connectivity index (χ0) is 21.5. The molecule has 0 saturated carbocycles. The lowest BCUT2D eigenvalue weighted by Gasteiger charge is -2.21. The van der Waals surface area contributed by atoms with E-state index in [1.54, 1.807) is 12.3 Å². The van der Waals surface area contributed by atoms with Gasteiger partial charge in [0.15, 0.2) is 11.0 Å². The van der Waals surface area contributed by atoms with Crippen LogP contribution in [0.15, 0.2) is 64.9 Å². The van der Waals surface area contributed by atoms with Crippen molar-refractivity contribution >= 4 is 17.7 Å². The van der Waals surface area contributed by atoms with Gasteiger partial charge < -0.3 is 9.73 Å². The molecular weight excluding hydrogens is 396 g/mol. The van der Waals surface area contributed by atoms with E-state index in [2.05, 4.69) is 41.1 Å². The average molecular weight is 425 g/mol. The SMILES string of the molecule is C=CCn1c(SC(C)C(=O)NC(CCC)c2ccccc2)nnc1-c1ccoc1C. The van der Waals surface area contributed by atoms with Crippen LogP contribution in [0.25, 0.3) is 11.4 Å². The van der Waals surface area contributed by atoms with Gasteiger partial charge in [-0.1, -0.05) is 61.5 Å². The maximum Gasteiger partial charge on any atom is 0.233 e. The lowest BCUT2D eigenvalue weighted by Crippen LogP contribution is -2.34. The number of amides is 1. The van der Waals surface area contributed by atoms with Gasteiger partial charge in [0.1, 0.15) is 5.76 Å². The standard InChI is InChI=1S/C23H28N4O2S/c1-5-10-20(18-11-8-7-9-12-18)24-22(28)17(4)30-23-26-25-21(27(23)14-6-2)19-13-15-29-16(19)3/h6-9,11-13,15,17,20H,2,5,10,14H2,1,3-4H3,(H,24,28). The van der Waals surface area contributed by atoms with Gasteiger partial charge in [-0.3, -0.25) is 9.36 Å². The van der Waals surface area contributed by atoms with E-state index in [4.69, 9.17) is 4.42 Å². The summed E-state index contributed by atoms with van der Waals surface area (Å²) in [5.41, 5.74) is 2.01. The molecule has 2 aromatic heterocycles. The fourth-order valence-corrected chi connectivity index (χ4v) is 4.15. The zero-order valence-electron chi connectivity index (χ0n) is 17.7. The first-order valence-electron chi connectivity index (χ1n) is 10.2. The molecule has 0 fully saturated rings. The minimum absolute atomic E-state index is 0.00179. The molecule has 0 spiro atoms. The molecule has 0 bridgehead atoms. The molecule has 2 atom stereocenters. The summed E-state index contributed by atoms with van der Waals surface area (Å²) in [7, 11) is 0. The highest BCUT2D eigenvalue weighted by Gasteiger charge is 2.23. The number of thioether (sulfide) groups is 1. The van der Waals surface area contributed by atoms with E-state index in [1.807, 2.05) is 42.7 Å². The van der Waals surface area contributed by atoms with Crippen molar-refractivity contribution in [2.75, 3.05) is 0 Å². The van der Waals surface area contributed by atoms with Crippen molar-refractivity contribution in [2.24, 2.45) is 0 Å². The van der Waals surface area contributed by atoms with Crippen LogP contribution in [0.5, 0.6) is 0 Å². The minimum Gasteiger partial charge on any atom is -0.469 e. The number of rotatable bonds is 10. The second-order valence-corrected chi connectivity index (χ2v) is 8.42. The lowest BCUT2D eigenvalue weighted by molar-refractivity contribution is -0.121. The average Bonchev–Trinajstić information content (AvgIpc) is 3.34. The Bertz CT molecular complexity index is 980. The first kappa shape index (κ1) is 21.9. The number of aromatic nitrogens is 3. The highest BCUT2D eigenvalue weighted by atomic mass is 32.2. The summed E-state index contributed by atoms with van der Waals surface area (Å²) in [5, 5.41) is 12.2. The Balaban J connectivity index is 1.75. The first-order chi connectivity index (χ1) is 14.5. The largest absolute Gasteiger partial charge is 0.469 e. The molecule has 30 heavy (non-hydrogen) atoms. The van der Waals surface area contributed by atoms with Gasteiger partial charge >= 0.3 is 0 Å². The predicted octanol–water partition coefficient (Wildman–Crippen LogP) is 5.17. The number of carbonyl (C=O) groups is 1. The maximum absolute atomic E-state index is 12.9. The number of allylic oxidation sites excluding steroid dienone is 1. The van der Waals surface area contributed by atoms with E-state index in [0.29, 0.717) is 17.5 Å². The number of hydrogen-bond acceptors (Lipinski definition) is 5. The number of nitrogens with zero attached hydrogens (tertiary/aromatic N) is 3. The molecule has 0 aliphatic heterocycles. The van der Waals surface area contributed by atoms with E-state index >= 15 is 0 Å². The molecule has 0 saturated heterocycles. The van der Waals surface area contributed by atoms with Crippen molar-refractivity contribution in [3.8, 4) is 11.4 Å². The van der Waals surface area contributed by atoms with Crippen molar-refractivity contribution in [2.45, 2.75) is 56.6 Å². The summed E-state index contributed by atoms with van der Waals surface area (Å²) in [5.74, 6) is 1.47. The van der Waals surface area contributed by atoms with E-state index in [1.165, 1.54) is 11.8 Å². The van der Waals surface area contributed by atoms with E-state index in [-0.39, 0.29) is 17.2 Å². The monoisotopic (exact) mass is 424 g/mol. The number of carbonyl (C=O) groups excluding carboxylic acids is 1. The summed E-state index contributed by atoms with van der Waals surface area (Å²) < 4.78 is 7.37. The van der Waals surface area contributed by atoms with Gasteiger partial charge in [0.2, 0.25) is 5.91 Å². The van der Waals surface area contributed by atoms with E-state index in [0.717, 1.165) is 29.7 Å². The number of benzene rings is 1. The van der Waals surface area contributed by atoms with Crippen molar-refractivity contribution in [3.05, 3.63) is 66.6 Å². The summed E-state index contributed by atoms with van der Waals surface area (Å²) in [6, 6.07) is 12.0. The summed E-state index contributed by atoms with van der Waals surface area (Å²) in [6.45, 7) is 10.3. The van der Waals surface area contributed by atoms with Crippen LogP contribution in [0.2, 0.25) is 0 Å². The third-order valence-electron chi connectivity index (χ3n) is 4.88. The lowest BCUT2D eigenvalue weighted by atomic mass is 10.0. The van der Waals surface area contributed by atoms with E-state index in [9.17, 15) is 4.79 Å². The van der Waals surface area contributed by atoms with E-state index < -0.39 is 0 Å².